The maximum atomic E-state index is 12.6. The predicted octanol–water partition coefficient (Wildman–Crippen LogP) is 15.4. The smallest absolute Gasteiger partial charge is 0.200 e. The molecule has 10 heteroatoms. The van der Waals surface area contributed by atoms with Crippen LogP contribution >= 0.6 is 0 Å². The second-order valence-corrected chi connectivity index (χ2v) is 18.8. The van der Waals surface area contributed by atoms with Gasteiger partial charge in [-0.15, -0.1) is 0 Å². The van der Waals surface area contributed by atoms with E-state index in [1.165, 1.54) is 0 Å². The molecule has 0 unspecified atom stereocenters. The van der Waals surface area contributed by atoms with E-state index in [0.717, 1.165) is 44.5 Å². The molecule has 0 fully saturated rings. The number of Topliss-reactive ketones (excluding diaryl/α,β-unsaturated/α-hetero) is 2. The van der Waals surface area contributed by atoms with Crippen molar-refractivity contribution in [3.05, 3.63) is 299 Å². The topological polar surface area (TPSA) is 108 Å². The fourth-order valence-electron chi connectivity index (χ4n) is 8.56. The lowest BCUT2D eigenvalue weighted by molar-refractivity contribution is 0.0915. The molecular weight excluding hydrogens is 1000 g/mol. The standard InChI is InChI=1S/C70H58O10/c71-69(59-21-9-3-10-22-59)49-79-63-25-13-19-53(35-63)45-77-67-39-55(37-65(41-67)75-43-51-15-5-1-6-16-51)47-73-61-31-27-57(28-32-61)58-29-33-62(34-30-58)74-48-56-38-66(76-44-52-17-7-2-8-18-52)42-68(40-56)78-46-54-20-14-26-64(36-54)80-50-70(72)60-23-11-4-12-24-60/h1-42H,43-50H2. The molecule has 80 heavy (non-hydrogen) atoms. The van der Waals surface area contributed by atoms with Gasteiger partial charge in [-0.2, -0.15) is 0 Å². The van der Waals surface area contributed by atoms with Gasteiger partial charge in [0, 0.05) is 23.3 Å². The third-order valence-corrected chi connectivity index (χ3v) is 12.8. The molecule has 0 atom stereocenters. The van der Waals surface area contributed by atoms with Gasteiger partial charge in [-0.1, -0.05) is 170 Å². The summed E-state index contributed by atoms with van der Waals surface area (Å²) < 4.78 is 49.5. The molecule has 0 aliphatic rings. The van der Waals surface area contributed by atoms with Crippen LogP contribution in [0.1, 0.15) is 54.1 Å². The van der Waals surface area contributed by atoms with Crippen molar-refractivity contribution in [3.63, 3.8) is 0 Å². The second-order valence-electron chi connectivity index (χ2n) is 18.8. The lowest BCUT2D eigenvalue weighted by Gasteiger charge is -2.14. The highest BCUT2D eigenvalue weighted by molar-refractivity contribution is 5.97. The molecular formula is C70H58O10. The van der Waals surface area contributed by atoms with Gasteiger partial charge in [-0.05, 0) is 117 Å². The first-order valence-electron chi connectivity index (χ1n) is 26.3. The minimum Gasteiger partial charge on any atom is -0.489 e. The molecule has 10 aromatic rings. The van der Waals surface area contributed by atoms with Crippen LogP contribution < -0.4 is 37.9 Å². The van der Waals surface area contributed by atoms with Crippen molar-refractivity contribution in [2.75, 3.05) is 13.2 Å². The molecule has 0 bridgehead atoms. The van der Waals surface area contributed by atoms with Crippen LogP contribution in [0.4, 0.5) is 0 Å². The van der Waals surface area contributed by atoms with Gasteiger partial charge in [0.15, 0.2) is 24.8 Å². The van der Waals surface area contributed by atoms with Crippen LogP contribution in [-0.4, -0.2) is 24.8 Å². The molecule has 0 aliphatic heterocycles. The molecule has 0 saturated heterocycles. The lowest BCUT2D eigenvalue weighted by Crippen LogP contribution is -2.11. The van der Waals surface area contributed by atoms with Crippen LogP contribution in [0.5, 0.6) is 46.0 Å². The maximum Gasteiger partial charge on any atom is 0.200 e. The molecule has 0 aliphatic carbocycles. The molecule has 10 rings (SSSR count). The van der Waals surface area contributed by atoms with Crippen molar-refractivity contribution < 1.29 is 47.5 Å². The molecule has 0 spiro atoms. The summed E-state index contributed by atoms with van der Waals surface area (Å²) in [5, 5.41) is 0. The summed E-state index contributed by atoms with van der Waals surface area (Å²) in [5.74, 6) is 4.96. The van der Waals surface area contributed by atoms with E-state index in [0.29, 0.717) is 70.3 Å². The van der Waals surface area contributed by atoms with Crippen LogP contribution in [0.2, 0.25) is 0 Å². The summed E-state index contributed by atoms with van der Waals surface area (Å²) in [6.07, 6.45) is 0. The summed E-state index contributed by atoms with van der Waals surface area (Å²) >= 11 is 0. The van der Waals surface area contributed by atoms with Crippen LogP contribution in [-0.2, 0) is 39.6 Å². The van der Waals surface area contributed by atoms with Crippen molar-refractivity contribution in [1.29, 1.82) is 0 Å². The van der Waals surface area contributed by atoms with Crippen molar-refractivity contribution in [1.82, 2.24) is 0 Å². The van der Waals surface area contributed by atoms with E-state index in [1.54, 1.807) is 24.3 Å². The fraction of sp³-hybridized carbons (Fsp3) is 0.114. The minimum atomic E-state index is -0.0920. The number of rotatable bonds is 27. The molecule has 0 amide bonds. The Morgan fingerprint density at radius 2 is 0.512 bits per heavy atom. The van der Waals surface area contributed by atoms with E-state index in [1.807, 2.05) is 231 Å². The van der Waals surface area contributed by atoms with Crippen LogP contribution in [0.15, 0.2) is 255 Å². The van der Waals surface area contributed by atoms with Gasteiger partial charge in [0.1, 0.15) is 85.6 Å². The summed E-state index contributed by atoms with van der Waals surface area (Å²) in [7, 11) is 0. The maximum absolute atomic E-state index is 12.6. The number of ether oxygens (including phenoxy) is 8. The Balaban J connectivity index is 0.746. The summed E-state index contributed by atoms with van der Waals surface area (Å²) in [5.41, 5.74) is 8.88. The van der Waals surface area contributed by atoms with E-state index in [4.69, 9.17) is 37.9 Å². The SMILES string of the molecule is O=C(COc1cccc(COc2cc(COc3ccc(-c4ccc(OCc5cc(OCc6ccccc6)cc(OCc6cccc(OCC(=O)c7ccccc7)c6)c5)cc4)cc3)cc(OCc3ccccc3)c2)c1)c1ccccc1. The number of benzene rings is 10. The van der Waals surface area contributed by atoms with E-state index in [9.17, 15) is 9.59 Å². The molecule has 0 heterocycles. The minimum absolute atomic E-state index is 0.0620. The molecule has 0 saturated carbocycles. The van der Waals surface area contributed by atoms with Gasteiger partial charge in [0.25, 0.3) is 0 Å². The molecule has 0 aromatic heterocycles. The van der Waals surface area contributed by atoms with E-state index in [-0.39, 0.29) is 51.2 Å². The van der Waals surface area contributed by atoms with Gasteiger partial charge in [0.05, 0.1) is 0 Å². The molecule has 0 radical (unpaired) electrons. The van der Waals surface area contributed by atoms with Gasteiger partial charge in [-0.25, -0.2) is 0 Å². The first-order valence-corrected chi connectivity index (χ1v) is 26.3. The van der Waals surface area contributed by atoms with E-state index >= 15 is 0 Å². The number of carbonyl (C=O) groups is 2. The Bertz CT molecular complexity index is 3330. The molecule has 398 valence electrons. The highest BCUT2D eigenvalue weighted by Crippen LogP contribution is 2.31. The number of hydrogen-bond acceptors (Lipinski definition) is 10. The summed E-state index contributed by atoms with van der Waals surface area (Å²) in [6.45, 7) is 1.77. The summed E-state index contributed by atoms with van der Waals surface area (Å²) in [6, 6.07) is 80.9. The van der Waals surface area contributed by atoms with Crippen molar-refractivity contribution in [3.8, 4) is 57.1 Å². The molecule has 0 N–H and O–H groups in total. The zero-order valence-electron chi connectivity index (χ0n) is 44.0. The molecule has 10 aromatic carbocycles. The van der Waals surface area contributed by atoms with E-state index in [2.05, 4.69) is 0 Å². The fourth-order valence-corrected chi connectivity index (χ4v) is 8.56. The van der Waals surface area contributed by atoms with Crippen molar-refractivity contribution in [2.45, 2.75) is 39.6 Å². The Kier molecular flexibility index (Phi) is 18.2. The van der Waals surface area contributed by atoms with Crippen LogP contribution in [0.25, 0.3) is 11.1 Å². The third kappa shape index (κ3) is 16.0. The zero-order chi connectivity index (χ0) is 54.6. The molecule has 10 nitrogen and oxygen atoms in total. The number of carbonyl (C=O) groups excluding carboxylic acids is 2. The second kappa shape index (κ2) is 27.3. The van der Waals surface area contributed by atoms with Gasteiger partial charge < -0.3 is 37.9 Å². The normalized spacial score (nSPS) is 10.8. The average molecular weight is 1060 g/mol. The van der Waals surface area contributed by atoms with Crippen molar-refractivity contribution in [2.24, 2.45) is 0 Å². The van der Waals surface area contributed by atoms with Crippen LogP contribution in [0.3, 0.4) is 0 Å². The summed E-state index contributed by atoms with van der Waals surface area (Å²) in [4.78, 5) is 25.3. The largest absolute Gasteiger partial charge is 0.489 e. The van der Waals surface area contributed by atoms with E-state index < -0.39 is 0 Å². The Morgan fingerprint density at radius 1 is 0.225 bits per heavy atom. The predicted molar refractivity (Wildman–Crippen MR) is 309 cm³/mol. The number of ketones is 2. The van der Waals surface area contributed by atoms with Gasteiger partial charge >= 0.3 is 0 Å². The first kappa shape index (κ1) is 53.3. The van der Waals surface area contributed by atoms with Crippen LogP contribution in [0, 0.1) is 0 Å². The monoisotopic (exact) mass is 1060 g/mol. The lowest BCUT2D eigenvalue weighted by atomic mass is 10.1. The van der Waals surface area contributed by atoms with Gasteiger partial charge in [-0.3, -0.25) is 9.59 Å². The quantitative estimate of drug-likeness (QED) is 0.0462. The Morgan fingerprint density at radius 3 is 0.875 bits per heavy atom. The Hall–Kier alpha value is -10.1. The van der Waals surface area contributed by atoms with Crippen molar-refractivity contribution >= 4 is 11.6 Å². The highest BCUT2D eigenvalue weighted by Gasteiger charge is 2.12. The third-order valence-electron chi connectivity index (χ3n) is 12.8. The first-order chi connectivity index (χ1) is 39.4. The Labute approximate surface area is 466 Å². The highest BCUT2D eigenvalue weighted by atomic mass is 16.5. The van der Waals surface area contributed by atoms with Gasteiger partial charge in [0.2, 0.25) is 0 Å². The number of hydrogen-bond donors (Lipinski definition) is 0. The average Bonchev–Trinajstić information content (AvgIpc) is 3.52. The zero-order valence-corrected chi connectivity index (χ0v) is 44.0.